The van der Waals surface area contributed by atoms with Gasteiger partial charge in [0, 0.05) is 6.61 Å². The van der Waals surface area contributed by atoms with E-state index in [0.717, 1.165) is 12.8 Å². The molecular weight excluding hydrogens is 172 g/mol. The van der Waals surface area contributed by atoms with Gasteiger partial charge in [-0.05, 0) is 32.1 Å². The molecule has 0 heterocycles. The van der Waals surface area contributed by atoms with Crippen molar-refractivity contribution in [3.05, 3.63) is 0 Å². The van der Waals surface area contributed by atoms with Gasteiger partial charge in [-0.1, -0.05) is 0 Å². The van der Waals surface area contributed by atoms with Gasteiger partial charge in [0.05, 0.1) is 11.5 Å². The monoisotopic (exact) mass is 188 g/mol. The van der Waals surface area contributed by atoms with Crippen molar-refractivity contribution in [1.29, 1.82) is 0 Å². The highest BCUT2D eigenvalue weighted by Gasteiger charge is 2.46. The minimum atomic E-state index is -1.28. The molecule has 13 heavy (non-hydrogen) atoms. The first-order chi connectivity index (χ1) is 5.99. The molecule has 0 aliphatic heterocycles. The van der Waals surface area contributed by atoms with Gasteiger partial charge in [-0.3, -0.25) is 4.79 Å². The molecule has 0 radical (unpaired) electrons. The Bertz CT molecular complexity index is 196. The van der Waals surface area contributed by atoms with Crippen molar-refractivity contribution in [2.75, 3.05) is 6.61 Å². The van der Waals surface area contributed by atoms with Crippen LogP contribution < -0.4 is 0 Å². The summed E-state index contributed by atoms with van der Waals surface area (Å²) in [6.45, 7) is 1.31. The quantitative estimate of drug-likeness (QED) is 0.577. The summed E-state index contributed by atoms with van der Waals surface area (Å²) >= 11 is 0. The Morgan fingerprint density at radius 2 is 2.15 bits per heavy atom. The summed E-state index contributed by atoms with van der Waals surface area (Å²) in [6.07, 6.45) is 1.87. The van der Waals surface area contributed by atoms with Crippen LogP contribution in [0, 0.1) is 11.8 Å². The molecule has 4 heteroatoms. The maximum atomic E-state index is 10.9. The van der Waals surface area contributed by atoms with Crippen molar-refractivity contribution < 1.29 is 20.1 Å². The minimum absolute atomic E-state index is 0.0963. The van der Waals surface area contributed by atoms with E-state index in [0.29, 0.717) is 0 Å². The standard InChI is InChI=1S/C9H16O4/c1-9(13,4-5-10)7(8(11)12)6-2-3-6/h6-7,10,13H,2-5H2,1H3,(H,11,12). The number of aliphatic carboxylic acids is 1. The molecule has 4 nitrogen and oxygen atoms in total. The molecule has 1 aliphatic carbocycles. The highest BCUT2D eigenvalue weighted by Crippen LogP contribution is 2.43. The van der Waals surface area contributed by atoms with Crippen LogP contribution in [0.2, 0.25) is 0 Å². The molecule has 1 rings (SSSR count). The number of aliphatic hydroxyl groups excluding tert-OH is 1. The molecule has 76 valence electrons. The largest absolute Gasteiger partial charge is 0.481 e. The molecule has 3 N–H and O–H groups in total. The van der Waals surface area contributed by atoms with Crippen molar-refractivity contribution in [1.82, 2.24) is 0 Å². The third kappa shape index (κ3) is 2.42. The van der Waals surface area contributed by atoms with Crippen LogP contribution in [0.15, 0.2) is 0 Å². The number of carbonyl (C=O) groups is 1. The first kappa shape index (κ1) is 10.5. The van der Waals surface area contributed by atoms with Crippen molar-refractivity contribution in [3.8, 4) is 0 Å². The number of carboxylic acids is 1. The third-order valence-electron chi connectivity index (χ3n) is 2.65. The van der Waals surface area contributed by atoms with Gasteiger partial charge in [-0.2, -0.15) is 0 Å². The van der Waals surface area contributed by atoms with Gasteiger partial charge < -0.3 is 15.3 Å². The third-order valence-corrected chi connectivity index (χ3v) is 2.65. The van der Waals surface area contributed by atoms with Gasteiger partial charge in [0.1, 0.15) is 0 Å². The summed E-state index contributed by atoms with van der Waals surface area (Å²) in [4.78, 5) is 10.9. The zero-order valence-corrected chi connectivity index (χ0v) is 7.73. The SMILES string of the molecule is CC(O)(CCO)C(C(=O)O)C1CC1. The maximum absolute atomic E-state index is 10.9. The summed E-state index contributed by atoms with van der Waals surface area (Å²) in [5.41, 5.74) is -1.28. The van der Waals surface area contributed by atoms with Gasteiger partial charge in [-0.25, -0.2) is 0 Å². The molecule has 1 aliphatic rings. The lowest BCUT2D eigenvalue weighted by molar-refractivity contribution is -0.153. The predicted octanol–water partition coefficient (Wildman–Crippen LogP) is 0.231. The molecule has 0 saturated heterocycles. The van der Waals surface area contributed by atoms with Crippen molar-refractivity contribution >= 4 is 5.97 Å². The maximum Gasteiger partial charge on any atom is 0.309 e. The van der Waals surface area contributed by atoms with E-state index in [-0.39, 0.29) is 18.9 Å². The number of carboxylic acid groups (broad SMARTS) is 1. The smallest absolute Gasteiger partial charge is 0.309 e. The number of aliphatic hydroxyl groups is 2. The minimum Gasteiger partial charge on any atom is -0.481 e. The molecule has 0 aromatic heterocycles. The van der Waals surface area contributed by atoms with E-state index < -0.39 is 17.5 Å². The lowest BCUT2D eigenvalue weighted by atomic mass is 9.83. The van der Waals surface area contributed by atoms with Crippen LogP contribution in [0.4, 0.5) is 0 Å². The summed E-state index contributed by atoms with van der Waals surface area (Å²) in [5.74, 6) is -1.58. The van der Waals surface area contributed by atoms with E-state index in [4.69, 9.17) is 10.2 Å². The van der Waals surface area contributed by atoms with E-state index in [1.165, 1.54) is 6.92 Å². The van der Waals surface area contributed by atoms with Crippen molar-refractivity contribution in [2.45, 2.75) is 31.8 Å². The molecule has 0 bridgehead atoms. The van der Waals surface area contributed by atoms with E-state index in [1.54, 1.807) is 0 Å². The van der Waals surface area contributed by atoms with E-state index in [9.17, 15) is 9.90 Å². The van der Waals surface area contributed by atoms with Crippen LogP contribution in [0.1, 0.15) is 26.2 Å². The zero-order chi connectivity index (χ0) is 10.1. The Labute approximate surface area is 77.2 Å². The molecular formula is C9H16O4. The van der Waals surface area contributed by atoms with Crippen molar-refractivity contribution in [3.63, 3.8) is 0 Å². The zero-order valence-electron chi connectivity index (χ0n) is 7.73. The number of hydrogen-bond acceptors (Lipinski definition) is 3. The van der Waals surface area contributed by atoms with E-state index in [1.807, 2.05) is 0 Å². The van der Waals surface area contributed by atoms with Gasteiger partial charge in [0.2, 0.25) is 0 Å². The summed E-state index contributed by atoms with van der Waals surface area (Å²) in [5, 5.41) is 27.4. The first-order valence-electron chi connectivity index (χ1n) is 4.55. The lowest BCUT2D eigenvalue weighted by Gasteiger charge is -2.29. The Kier molecular flexibility index (Phi) is 2.93. The van der Waals surface area contributed by atoms with Gasteiger partial charge in [-0.15, -0.1) is 0 Å². The number of hydrogen-bond donors (Lipinski definition) is 3. The van der Waals surface area contributed by atoms with Crippen LogP contribution in [-0.2, 0) is 4.79 Å². The Hall–Kier alpha value is -0.610. The highest BCUT2D eigenvalue weighted by molar-refractivity contribution is 5.72. The molecule has 0 amide bonds. The molecule has 1 fully saturated rings. The fourth-order valence-corrected chi connectivity index (χ4v) is 1.79. The molecule has 0 aromatic carbocycles. The second-order valence-corrected chi connectivity index (χ2v) is 3.98. The molecule has 2 atom stereocenters. The second-order valence-electron chi connectivity index (χ2n) is 3.98. The second kappa shape index (κ2) is 3.64. The van der Waals surface area contributed by atoms with Gasteiger partial charge in [0.25, 0.3) is 0 Å². The number of rotatable bonds is 5. The van der Waals surface area contributed by atoms with Crippen LogP contribution in [0.3, 0.4) is 0 Å². The van der Waals surface area contributed by atoms with Crippen LogP contribution in [0.25, 0.3) is 0 Å². The van der Waals surface area contributed by atoms with Crippen LogP contribution >= 0.6 is 0 Å². The van der Waals surface area contributed by atoms with Crippen LogP contribution in [0.5, 0.6) is 0 Å². The van der Waals surface area contributed by atoms with Crippen molar-refractivity contribution in [2.24, 2.45) is 11.8 Å². The summed E-state index contributed by atoms with van der Waals surface area (Å²) in [7, 11) is 0. The fourth-order valence-electron chi connectivity index (χ4n) is 1.79. The molecule has 2 unspecified atom stereocenters. The molecule has 1 saturated carbocycles. The Balaban J connectivity index is 2.66. The average Bonchev–Trinajstić information content (AvgIpc) is 2.69. The molecule has 0 aromatic rings. The van der Waals surface area contributed by atoms with E-state index in [2.05, 4.69) is 0 Å². The lowest BCUT2D eigenvalue weighted by Crippen LogP contribution is -2.41. The first-order valence-corrected chi connectivity index (χ1v) is 4.55. The Morgan fingerprint density at radius 3 is 2.46 bits per heavy atom. The average molecular weight is 188 g/mol. The topological polar surface area (TPSA) is 77.8 Å². The normalized spacial score (nSPS) is 23.6. The van der Waals surface area contributed by atoms with Gasteiger partial charge >= 0.3 is 5.97 Å². The summed E-state index contributed by atoms with van der Waals surface area (Å²) < 4.78 is 0. The fraction of sp³-hybridized carbons (Fsp3) is 0.889. The molecule has 0 spiro atoms. The summed E-state index contributed by atoms with van der Waals surface area (Å²) in [6, 6.07) is 0. The Morgan fingerprint density at radius 1 is 1.62 bits per heavy atom. The van der Waals surface area contributed by atoms with Crippen LogP contribution in [-0.4, -0.2) is 33.5 Å². The predicted molar refractivity (Wildman–Crippen MR) is 46.2 cm³/mol. The van der Waals surface area contributed by atoms with Gasteiger partial charge in [0.15, 0.2) is 0 Å². The highest BCUT2D eigenvalue weighted by atomic mass is 16.4. The van der Waals surface area contributed by atoms with E-state index >= 15 is 0 Å².